The largest absolute Gasteiger partial charge is 0.398 e. The van der Waals surface area contributed by atoms with E-state index in [4.69, 9.17) is 5.73 Å². The monoisotopic (exact) mass is 346 g/mol. The number of sulfonamides is 1. The van der Waals surface area contributed by atoms with Crippen molar-refractivity contribution in [3.05, 3.63) is 22.7 Å². The van der Waals surface area contributed by atoms with Crippen LogP contribution in [-0.4, -0.2) is 15.0 Å². The zero-order valence-corrected chi connectivity index (χ0v) is 13.4. The number of benzene rings is 1. The summed E-state index contributed by atoms with van der Waals surface area (Å²) in [5.41, 5.74) is 6.35. The van der Waals surface area contributed by atoms with Gasteiger partial charge in [0.2, 0.25) is 10.0 Å². The lowest BCUT2D eigenvalue weighted by Gasteiger charge is -2.15. The van der Waals surface area contributed by atoms with E-state index in [1.54, 1.807) is 12.1 Å². The molecule has 3 N–H and O–H groups in total. The Morgan fingerprint density at radius 2 is 2.11 bits per heavy atom. The van der Waals surface area contributed by atoms with Crippen LogP contribution in [0.2, 0.25) is 0 Å². The summed E-state index contributed by atoms with van der Waals surface area (Å²) < 4.78 is 27.8. The highest BCUT2D eigenvalue weighted by Gasteiger charge is 2.42. The first-order chi connectivity index (χ1) is 8.88. The lowest BCUT2D eigenvalue weighted by Crippen LogP contribution is -2.30. The molecule has 0 saturated heterocycles. The van der Waals surface area contributed by atoms with Gasteiger partial charge in [-0.2, -0.15) is 0 Å². The molecule has 1 fully saturated rings. The third-order valence-electron chi connectivity index (χ3n) is 3.65. The molecule has 0 spiro atoms. The third-order valence-corrected chi connectivity index (χ3v) is 5.77. The van der Waals surface area contributed by atoms with E-state index in [1.165, 1.54) is 6.07 Å². The van der Waals surface area contributed by atoms with Gasteiger partial charge in [-0.25, -0.2) is 13.1 Å². The highest BCUT2D eigenvalue weighted by molar-refractivity contribution is 9.10. The van der Waals surface area contributed by atoms with Crippen molar-refractivity contribution in [1.82, 2.24) is 4.72 Å². The molecule has 0 atom stereocenters. The van der Waals surface area contributed by atoms with E-state index in [0.29, 0.717) is 16.7 Å². The van der Waals surface area contributed by atoms with Crippen molar-refractivity contribution in [3.63, 3.8) is 0 Å². The van der Waals surface area contributed by atoms with Crippen molar-refractivity contribution in [1.29, 1.82) is 0 Å². The van der Waals surface area contributed by atoms with Gasteiger partial charge in [0, 0.05) is 16.7 Å². The number of rotatable bonds is 6. The lowest BCUT2D eigenvalue weighted by atomic mass is 10.0. The molecule has 0 aromatic heterocycles. The van der Waals surface area contributed by atoms with Crippen LogP contribution in [0.5, 0.6) is 0 Å². The first kappa shape index (κ1) is 14.8. The smallest absolute Gasteiger partial charge is 0.240 e. The first-order valence-corrected chi connectivity index (χ1v) is 8.71. The van der Waals surface area contributed by atoms with Crippen molar-refractivity contribution in [2.24, 2.45) is 5.41 Å². The van der Waals surface area contributed by atoms with E-state index in [0.717, 1.165) is 25.7 Å². The Hall–Kier alpha value is -0.590. The normalized spacial score (nSPS) is 17.4. The molecule has 1 aliphatic rings. The van der Waals surface area contributed by atoms with Crippen molar-refractivity contribution in [2.75, 3.05) is 12.3 Å². The van der Waals surface area contributed by atoms with Crippen LogP contribution in [0.3, 0.4) is 0 Å². The van der Waals surface area contributed by atoms with Crippen LogP contribution >= 0.6 is 15.9 Å². The quantitative estimate of drug-likeness (QED) is 0.778. The number of hydrogen-bond acceptors (Lipinski definition) is 3. The summed E-state index contributed by atoms with van der Waals surface area (Å²) in [5.74, 6) is 0. The molecule has 1 aliphatic carbocycles. The van der Waals surface area contributed by atoms with Gasteiger partial charge in [0.15, 0.2) is 0 Å². The Bertz CT molecular complexity index is 568. The molecule has 0 unspecified atom stereocenters. The molecule has 0 radical (unpaired) electrons. The molecule has 1 saturated carbocycles. The standard InChI is InChI=1S/C13H19BrN2O2S/c1-2-5-13(6-7-13)9-16-19(17,18)10-3-4-11(14)12(15)8-10/h3-4,8,16H,2,5-7,9,15H2,1H3. The molecule has 106 valence electrons. The first-order valence-electron chi connectivity index (χ1n) is 6.43. The van der Waals surface area contributed by atoms with Crippen molar-refractivity contribution < 1.29 is 8.42 Å². The van der Waals surface area contributed by atoms with E-state index in [1.807, 2.05) is 0 Å². The second-order valence-corrected chi connectivity index (χ2v) is 7.88. The molecular formula is C13H19BrN2O2S. The highest BCUT2D eigenvalue weighted by Crippen LogP contribution is 2.49. The average molecular weight is 347 g/mol. The van der Waals surface area contributed by atoms with Gasteiger partial charge < -0.3 is 5.73 Å². The van der Waals surface area contributed by atoms with Crippen LogP contribution in [0.1, 0.15) is 32.6 Å². The topological polar surface area (TPSA) is 72.2 Å². The minimum Gasteiger partial charge on any atom is -0.398 e. The predicted molar refractivity (Wildman–Crippen MR) is 80.3 cm³/mol. The Labute approximate surface area is 122 Å². The van der Waals surface area contributed by atoms with Crippen LogP contribution in [0.4, 0.5) is 5.69 Å². The van der Waals surface area contributed by atoms with Gasteiger partial charge in [-0.05, 0) is 58.8 Å². The van der Waals surface area contributed by atoms with Crippen LogP contribution in [-0.2, 0) is 10.0 Å². The van der Waals surface area contributed by atoms with Crippen molar-refractivity contribution in [3.8, 4) is 0 Å². The van der Waals surface area contributed by atoms with Gasteiger partial charge in [0.25, 0.3) is 0 Å². The second-order valence-electron chi connectivity index (χ2n) is 5.26. The maximum absolute atomic E-state index is 12.2. The molecular weight excluding hydrogens is 328 g/mol. The summed E-state index contributed by atoms with van der Waals surface area (Å²) in [5, 5.41) is 0. The highest BCUT2D eigenvalue weighted by atomic mass is 79.9. The number of nitrogens with two attached hydrogens (primary N) is 1. The summed E-state index contributed by atoms with van der Waals surface area (Å²) in [4.78, 5) is 0.223. The number of nitrogens with one attached hydrogen (secondary N) is 1. The SMILES string of the molecule is CCCC1(CNS(=O)(=O)c2ccc(Br)c(N)c2)CC1. The predicted octanol–water partition coefficient (Wildman–Crippen LogP) is 2.89. The number of nitrogen functional groups attached to an aromatic ring is 1. The van der Waals surface area contributed by atoms with Gasteiger partial charge in [0.05, 0.1) is 4.90 Å². The molecule has 0 amide bonds. The molecule has 1 aromatic rings. The minimum absolute atomic E-state index is 0.197. The molecule has 4 nitrogen and oxygen atoms in total. The van der Waals surface area contributed by atoms with Crippen LogP contribution in [0.15, 0.2) is 27.6 Å². The Morgan fingerprint density at radius 1 is 1.42 bits per heavy atom. The molecule has 0 heterocycles. The summed E-state index contributed by atoms with van der Waals surface area (Å²) in [6.45, 7) is 2.66. The maximum Gasteiger partial charge on any atom is 0.240 e. The summed E-state index contributed by atoms with van der Waals surface area (Å²) in [7, 11) is -3.46. The fraction of sp³-hybridized carbons (Fsp3) is 0.538. The molecule has 19 heavy (non-hydrogen) atoms. The summed E-state index contributed by atoms with van der Waals surface area (Å²) >= 11 is 3.26. The number of anilines is 1. The summed E-state index contributed by atoms with van der Waals surface area (Å²) in [6.07, 6.45) is 4.41. The zero-order valence-electron chi connectivity index (χ0n) is 10.9. The van der Waals surface area contributed by atoms with E-state index in [9.17, 15) is 8.42 Å². The Balaban J connectivity index is 2.08. The van der Waals surface area contributed by atoms with Crippen LogP contribution in [0.25, 0.3) is 0 Å². The second kappa shape index (κ2) is 5.42. The van der Waals surface area contributed by atoms with Crippen LogP contribution < -0.4 is 10.5 Å². The zero-order chi connectivity index (χ0) is 14.1. The van der Waals surface area contributed by atoms with Crippen molar-refractivity contribution >= 4 is 31.6 Å². The van der Waals surface area contributed by atoms with E-state index >= 15 is 0 Å². The van der Waals surface area contributed by atoms with Gasteiger partial charge >= 0.3 is 0 Å². The fourth-order valence-electron chi connectivity index (χ4n) is 2.24. The van der Waals surface area contributed by atoms with E-state index in [2.05, 4.69) is 27.6 Å². The fourth-order valence-corrected chi connectivity index (χ4v) is 3.68. The number of halogens is 1. The molecule has 6 heteroatoms. The average Bonchev–Trinajstić information content (AvgIpc) is 3.11. The molecule has 1 aromatic carbocycles. The third kappa shape index (κ3) is 3.49. The molecule has 0 bridgehead atoms. The van der Waals surface area contributed by atoms with Gasteiger partial charge in [-0.3, -0.25) is 0 Å². The van der Waals surface area contributed by atoms with Crippen LogP contribution in [0, 0.1) is 5.41 Å². The van der Waals surface area contributed by atoms with Gasteiger partial charge in [-0.1, -0.05) is 13.3 Å². The van der Waals surface area contributed by atoms with Crippen molar-refractivity contribution in [2.45, 2.75) is 37.5 Å². The lowest BCUT2D eigenvalue weighted by molar-refractivity contribution is 0.449. The van der Waals surface area contributed by atoms with E-state index in [-0.39, 0.29) is 10.3 Å². The number of hydrogen-bond donors (Lipinski definition) is 2. The Morgan fingerprint density at radius 3 is 2.63 bits per heavy atom. The maximum atomic E-state index is 12.2. The van der Waals surface area contributed by atoms with Gasteiger partial charge in [0.1, 0.15) is 0 Å². The van der Waals surface area contributed by atoms with Gasteiger partial charge in [-0.15, -0.1) is 0 Å². The molecule has 0 aliphatic heterocycles. The summed E-state index contributed by atoms with van der Waals surface area (Å²) in [6, 6.07) is 4.69. The van der Waals surface area contributed by atoms with E-state index < -0.39 is 10.0 Å². The molecule has 2 rings (SSSR count). The minimum atomic E-state index is -3.46. The Kier molecular flexibility index (Phi) is 4.23.